The van der Waals surface area contributed by atoms with Gasteiger partial charge in [0.15, 0.2) is 11.5 Å². The molecule has 1 aromatic heterocycles. The molecule has 26 heavy (non-hydrogen) atoms. The summed E-state index contributed by atoms with van der Waals surface area (Å²) in [5.74, 6) is 0.962. The van der Waals surface area contributed by atoms with Crippen molar-refractivity contribution in [2.75, 3.05) is 32.9 Å². The molecule has 0 bridgehead atoms. The molecule has 6 nitrogen and oxygen atoms in total. The molecule has 1 saturated heterocycles. The maximum Gasteiger partial charge on any atom is 0.243 e. The Morgan fingerprint density at radius 2 is 1.96 bits per heavy atom. The van der Waals surface area contributed by atoms with Crippen molar-refractivity contribution in [3.05, 3.63) is 40.6 Å². The van der Waals surface area contributed by atoms with Gasteiger partial charge in [-0.1, -0.05) is 0 Å². The van der Waals surface area contributed by atoms with Gasteiger partial charge >= 0.3 is 0 Å². The topological polar surface area (TPSA) is 76.1 Å². The van der Waals surface area contributed by atoms with Crippen LogP contribution in [0.3, 0.4) is 0 Å². The molecule has 1 fully saturated rings. The lowest BCUT2D eigenvalue weighted by Gasteiger charge is -2.17. The molecule has 0 radical (unpaired) electrons. The van der Waals surface area contributed by atoms with Crippen LogP contribution >= 0.6 is 11.3 Å². The van der Waals surface area contributed by atoms with Crippen LogP contribution in [0.4, 0.5) is 0 Å². The van der Waals surface area contributed by atoms with Crippen LogP contribution < -0.4 is 9.47 Å². The van der Waals surface area contributed by atoms with Crippen molar-refractivity contribution in [2.45, 2.75) is 17.2 Å². The molecule has 1 aromatic carbocycles. The summed E-state index contributed by atoms with van der Waals surface area (Å²) in [6.45, 7) is 1.72. The summed E-state index contributed by atoms with van der Waals surface area (Å²) in [4.78, 5) is 0.199. The number of sulfonamides is 1. The quantitative estimate of drug-likeness (QED) is 0.860. The van der Waals surface area contributed by atoms with Crippen molar-refractivity contribution in [3.63, 3.8) is 0 Å². The molecule has 0 saturated carbocycles. The number of hydrogen-bond donors (Lipinski definition) is 1. The summed E-state index contributed by atoms with van der Waals surface area (Å²) in [6, 6.07) is 6.77. The van der Waals surface area contributed by atoms with Gasteiger partial charge in [0.05, 0.1) is 18.1 Å². The monoisotopic (exact) mass is 395 g/mol. The van der Waals surface area contributed by atoms with Crippen LogP contribution in [0.2, 0.25) is 0 Å². The molecule has 8 heteroatoms. The minimum Gasteiger partial charge on any atom is -0.490 e. The molecule has 2 atom stereocenters. The number of rotatable bonds is 4. The van der Waals surface area contributed by atoms with Gasteiger partial charge in [-0.25, -0.2) is 8.42 Å². The third-order valence-corrected chi connectivity index (χ3v) is 7.50. The molecular formula is C18H21NO5S2. The van der Waals surface area contributed by atoms with Crippen molar-refractivity contribution in [1.29, 1.82) is 0 Å². The van der Waals surface area contributed by atoms with Crippen LogP contribution in [0.15, 0.2) is 39.9 Å². The fraction of sp³-hybridized carbons (Fsp3) is 0.444. The molecular weight excluding hydrogens is 374 g/mol. The van der Waals surface area contributed by atoms with Crippen LogP contribution in [0.5, 0.6) is 11.5 Å². The first-order valence-corrected chi connectivity index (χ1v) is 11.0. The second-order valence-corrected chi connectivity index (χ2v) is 9.30. The Morgan fingerprint density at radius 1 is 1.15 bits per heavy atom. The number of aliphatic hydroxyl groups is 1. The minimum absolute atomic E-state index is 0.0152. The van der Waals surface area contributed by atoms with Gasteiger partial charge < -0.3 is 14.6 Å². The Labute approximate surface area is 157 Å². The van der Waals surface area contributed by atoms with Crippen molar-refractivity contribution in [3.8, 4) is 11.5 Å². The van der Waals surface area contributed by atoms with Gasteiger partial charge in [-0.15, -0.1) is 0 Å². The van der Waals surface area contributed by atoms with E-state index < -0.39 is 10.0 Å². The van der Waals surface area contributed by atoms with Crippen LogP contribution in [0.1, 0.15) is 17.9 Å². The smallest absolute Gasteiger partial charge is 0.243 e. The Morgan fingerprint density at radius 3 is 2.69 bits per heavy atom. The number of benzene rings is 1. The van der Waals surface area contributed by atoms with E-state index in [1.807, 2.05) is 16.8 Å². The summed E-state index contributed by atoms with van der Waals surface area (Å²) >= 11 is 1.58. The SMILES string of the molecule is O=S(=O)(c1ccc2c(c1)OCCCO2)N1C[C@@H](CO)[C@@H](c2ccsc2)C1. The number of thiophene rings is 1. The lowest BCUT2D eigenvalue weighted by atomic mass is 9.92. The molecule has 0 spiro atoms. The Bertz CT molecular complexity index is 866. The zero-order valence-corrected chi connectivity index (χ0v) is 15.8. The number of ether oxygens (including phenoxy) is 2. The van der Waals surface area contributed by atoms with Gasteiger partial charge in [0.1, 0.15) is 0 Å². The van der Waals surface area contributed by atoms with Gasteiger partial charge in [0.2, 0.25) is 10.0 Å². The highest BCUT2D eigenvalue weighted by atomic mass is 32.2. The standard InChI is InChI=1S/C18H21NO5S2/c20-11-14-9-19(10-16(14)13-4-7-25-12-13)26(21,22)15-2-3-17-18(8-15)24-6-1-5-23-17/h2-4,7-8,12,14,16,20H,1,5-6,9-11H2/t14-,16+/m0/s1. The van der Waals surface area contributed by atoms with Crippen molar-refractivity contribution >= 4 is 21.4 Å². The molecule has 4 rings (SSSR count). The highest BCUT2D eigenvalue weighted by molar-refractivity contribution is 7.89. The zero-order valence-electron chi connectivity index (χ0n) is 14.2. The first-order valence-electron chi connectivity index (χ1n) is 8.62. The third kappa shape index (κ3) is 3.22. The van der Waals surface area contributed by atoms with E-state index in [0.29, 0.717) is 37.8 Å². The predicted molar refractivity (Wildman–Crippen MR) is 98.4 cm³/mol. The molecule has 1 N–H and O–H groups in total. The Kier molecular flexibility index (Phi) is 4.92. The van der Waals surface area contributed by atoms with E-state index in [1.165, 1.54) is 4.31 Å². The van der Waals surface area contributed by atoms with E-state index in [4.69, 9.17) is 9.47 Å². The molecule has 3 heterocycles. The number of nitrogens with zero attached hydrogens (tertiary/aromatic N) is 1. The van der Waals surface area contributed by atoms with Crippen molar-refractivity contribution in [1.82, 2.24) is 4.31 Å². The van der Waals surface area contributed by atoms with Gasteiger partial charge in [-0.2, -0.15) is 15.6 Å². The van der Waals surface area contributed by atoms with Crippen LogP contribution in [-0.2, 0) is 10.0 Å². The van der Waals surface area contributed by atoms with Gasteiger partial charge in [-0.05, 0) is 34.5 Å². The van der Waals surface area contributed by atoms with E-state index in [9.17, 15) is 13.5 Å². The van der Waals surface area contributed by atoms with E-state index in [2.05, 4.69) is 0 Å². The summed E-state index contributed by atoms with van der Waals surface area (Å²) in [5.41, 5.74) is 1.09. The molecule has 0 amide bonds. The first-order chi connectivity index (χ1) is 12.6. The Balaban J connectivity index is 1.62. The normalized spacial score (nSPS) is 23.7. The second kappa shape index (κ2) is 7.19. The van der Waals surface area contributed by atoms with Gasteiger partial charge in [0, 0.05) is 44.0 Å². The fourth-order valence-corrected chi connectivity index (χ4v) is 5.79. The lowest BCUT2D eigenvalue weighted by Crippen LogP contribution is -2.29. The van der Waals surface area contributed by atoms with Gasteiger partial charge in [-0.3, -0.25) is 0 Å². The largest absolute Gasteiger partial charge is 0.490 e. The highest BCUT2D eigenvalue weighted by Gasteiger charge is 2.40. The zero-order chi connectivity index (χ0) is 18.1. The average Bonchev–Trinajstić information content (AvgIpc) is 3.26. The van der Waals surface area contributed by atoms with Crippen LogP contribution in [0.25, 0.3) is 0 Å². The third-order valence-electron chi connectivity index (χ3n) is 4.97. The van der Waals surface area contributed by atoms with E-state index in [-0.39, 0.29) is 23.3 Å². The number of aliphatic hydroxyl groups excluding tert-OH is 1. The minimum atomic E-state index is -3.66. The Hall–Kier alpha value is -1.61. The first kappa shape index (κ1) is 17.8. The van der Waals surface area contributed by atoms with Crippen molar-refractivity contribution in [2.24, 2.45) is 5.92 Å². The van der Waals surface area contributed by atoms with E-state index in [1.54, 1.807) is 29.5 Å². The van der Waals surface area contributed by atoms with E-state index in [0.717, 1.165) is 12.0 Å². The van der Waals surface area contributed by atoms with Crippen molar-refractivity contribution < 1.29 is 23.0 Å². The summed E-state index contributed by atoms with van der Waals surface area (Å²) < 4.78 is 38.9. The summed E-state index contributed by atoms with van der Waals surface area (Å²) in [6.07, 6.45) is 0.767. The molecule has 140 valence electrons. The fourth-order valence-electron chi connectivity index (χ4n) is 3.53. The van der Waals surface area contributed by atoms with Gasteiger partial charge in [0.25, 0.3) is 0 Å². The summed E-state index contributed by atoms with van der Waals surface area (Å²) in [7, 11) is -3.66. The molecule has 2 aromatic rings. The number of fused-ring (bicyclic) bond motifs is 1. The predicted octanol–water partition coefficient (Wildman–Crippen LogP) is 2.31. The second-order valence-electron chi connectivity index (χ2n) is 6.59. The molecule has 0 unspecified atom stereocenters. The highest BCUT2D eigenvalue weighted by Crippen LogP contribution is 2.38. The van der Waals surface area contributed by atoms with Crippen LogP contribution in [-0.4, -0.2) is 50.7 Å². The average molecular weight is 396 g/mol. The molecule has 2 aliphatic heterocycles. The maximum atomic E-state index is 13.1. The maximum absolute atomic E-state index is 13.1. The molecule has 0 aliphatic carbocycles. The lowest BCUT2D eigenvalue weighted by molar-refractivity contribution is 0.223. The summed E-state index contributed by atoms with van der Waals surface area (Å²) in [5, 5.41) is 13.7. The molecule has 2 aliphatic rings. The van der Waals surface area contributed by atoms with E-state index >= 15 is 0 Å². The number of hydrogen-bond acceptors (Lipinski definition) is 6. The van der Waals surface area contributed by atoms with Crippen LogP contribution in [0, 0.1) is 5.92 Å².